The van der Waals surface area contributed by atoms with Crippen molar-refractivity contribution < 1.29 is 19.2 Å². The van der Waals surface area contributed by atoms with Gasteiger partial charge in [-0.1, -0.05) is 22.9 Å². The Balaban J connectivity index is 1.65. The highest BCUT2D eigenvalue weighted by Gasteiger charge is 2.23. The number of benzene rings is 1. The molecule has 0 aliphatic heterocycles. The minimum absolute atomic E-state index is 0.00680. The summed E-state index contributed by atoms with van der Waals surface area (Å²) in [5.41, 5.74) is -0.0154. The molecule has 152 valence electrons. The molecule has 3 aromatic rings. The molecule has 0 radical (unpaired) electrons. The number of non-ortho nitro benzene ring substituents is 1. The van der Waals surface area contributed by atoms with E-state index in [-0.39, 0.29) is 16.4 Å². The van der Waals surface area contributed by atoms with Gasteiger partial charge < -0.3 is 15.0 Å². The topological polar surface area (TPSA) is 115 Å². The number of carbonyl (C=O) groups excluding carboxylic acids is 2. The number of ether oxygens (including phenoxy) is 1. The molecule has 2 heterocycles. The van der Waals surface area contributed by atoms with Crippen LogP contribution >= 0.6 is 34.3 Å². The number of nitro benzene ring substituents is 1. The number of thiophene rings is 1. The molecule has 1 aromatic carbocycles. The molecule has 0 saturated carbocycles. The molecule has 9 nitrogen and oxygen atoms in total. The Morgan fingerprint density at radius 1 is 1.31 bits per heavy atom. The summed E-state index contributed by atoms with van der Waals surface area (Å²) in [6.07, 6.45) is -1.10. The van der Waals surface area contributed by atoms with Crippen molar-refractivity contribution in [1.82, 2.24) is 4.98 Å². The van der Waals surface area contributed by atoms with Gasteiger partial charge in [-0.05, 0) is 19.1 Å². The van der Waals surface area contributed by atoms with E-state index in [1.807, 2.05) is 19.0 Å². The Morgan fingerprint density at radius 3 is 2.62 bits per heavy atom. The molecule has 0 spiro atoms. The van der Waals surface area contributed by atoms with Gasteiger partial charge in [0, 0.05) is 26.2 Å². The third-order valence-electron chi connectivity index (χ3n) is 3.74. The van der Waals surface area contributed by atoms with Crippen molar-refractivity contribution in [3.8, 4) is 0 Å². The highest BCUT2D eigenvalue weighted by Crippen LogP contribution is 2.34. The second-order valence-corrected chi connectivity index (χ2v) is 8.58. The van der Waals surface area contributed by atoms with Crippen molar-refractivity contribution in [2.75, 3.05) is 24.3 Å². The number of rotatable bonds is 6. The van der Waals surface area contributed by atoms with Crippen LogP contribution in [-0.4, -0.2) is 42.0 Å². The van der Waals surface area contributed by atoms with E-state index in [4.69, 9.17) is 16.3 Å². The lowest BCUT2D eigenvalue weighted by molar-refractivity contribution is -0.384. The minimum Gasteiger partial charge on any atom is -0.448 e. The molecule has 29 heavy (non-hydrogen) atoms. The van der Waals surface area contributed by atoms with Gasteiger partial charge in [0.25, 0.3) is 11.6 Å². The first-order valence-electron chi connectivity index (χ1n) is 8.19. The average molecular weight is 455 g/mol. The van der Waals surface area contributed by atoms with Gasteiger partial charge >= 0.3 is 5.97 Å². The van der Waals surface area contributed by atoms with Gasteiger partial charge in [-0.3, -0.25) is 14.9 Å². The van der Waals surface area contributed by atoms with Gasteiger partial charge in [0.2, 0.25) is 0 Å². The predicted molar refractivity (Wildman–Crippen MR) is 113 cm³/mol. The van der Waals surface area contributed by atoms with Gasteiger partial charge in [0.15, 0.2) is 11.2 Å². The number of amides is 1. The SMILES string of the molecule is CC(OC(=O)c1cc2sc(N(C)C)nc2s1)C(=O)Nc1ccc([N+](=O)[O-])cc1Cl. The summed E-state index contributed by atoms with van der Waals surface area (Å²) in [6.45, 7) is 1.42. The summed E-state index contributed by atoms with van der Waals surface area (Å²) in [6, 6.07) is 5.34. The van der Waals surface area contributed by atoms with Crippen LogP contribution in [0.4, 0.5) is 16.5 Å². The first kappa shape index (κ1) is 21.0. The number of thiazole rings is 1. The third kappa shape index (κ3) is 4.63. The maximum absolute atomic E-state index is 12.4. The molecule has 0 bridgehead atoms. The van der Waals surface area contributed by atoms with Crippen LogP contribution in [0.3, 0.4) is 0 Å². The fourth-order valence-electron chi connectivity index (χ4n) is 2.24. The quantitative estimate of drug-likeness (QED) is 0.337. The number of aromatic nitrogens is 1. The van der Waals surface area contributed by atoms with Crippen molar-refractivity contribution in [3.63, 3.8) is 0 Å². The van der Waals surface area contributed by atoms with Crippen molar-refractivity contribution in [2.45, 2.75) is 13.0 Å². The molecule has 0 aliphatic carbocycles. The molecule has 1 N–H and O–H groups in total. The van der Waals surface area contributed by atoms with E-state index in [0.29, 0.717) is 4.88 Å². The molecule has 1 atom stereocenters. The first-order valence-corrected chi connectivity index (χ1v) is 10.2. The number of anilines is 2. The molecule has 1 unspecified atom stereocenters. The number of nitrogens with one attached hydrogen (secondary N) is 1. The van der Waals surface area contributed by atoms with Crippen LogP contribution in [0, 0.1) is 10.1 Å². The van der Waals surface area contributed by atoms with Crippen molar-refractivity contribution in [3.05, 3.63) is 44.3 Å². The summed E-state index contributed by atoms with van der Waals surface area (Å²) >= 11 is 8.60. The lowest BCUT2D eigenvalue weighted by Gasteiger charge is -2.13. The lowest BCUT2D eigenvalue weighted by atomic mass is 10.2. The Labute approximate surface area is 178 Å². The Hall–Kier alpha value is -2.76. The molecule has 0 saturated heterocycles. The zero-order valence-electron chi connectivity index (χ0n) is 15.5. The summed E-state index contributed by atoms with van der Waals surface area (Å²) < 4.78 is 6.08. The summed E-state index contributed by atoms with van der Waals surface area (Å²) in [4.78, 5) is 42.2. The lowest BCUT2D eigenvalue weighted by Crippen LogP contribution is -2.29. The van der Waals surface area contributed by atoms with Crippen LogP contribution in [0.1, 0.15) is 16.6 Å². The molecule has 12 heteroatoms. The Kier molecular flexibility index (Phi) is 6.01. The number of hydrogen-bond acceptors (Lipinski definition) is 9. The monoisotopic (exact) mass is 454 g/mol. The third-order valence-corrected chi connectivity index (χ3v) is 6.36. The average Bonchev–Trinajstić information content (AvgIpc) is 3.22. The van der Waals surface area contributed by atoms with E-state index in [9.17, 15) is 19.7 Å². The number of nitrogens with zero attached hydrogens (tertiary/aromatic N) is 3. The Bertz CT molecular complexity index is 1080. The zero-order valence-corrected chi connectivity index (χ0v) is 17.9. The van der Waals surface area contributed by atoms with Crippen LogP contribution in [0.5, 0.6) is 0 Å². The highest BCUT2D eigenvalue weighted by molar-refractivity contribution is 7.29. The predicted octanol–water partition coefficient (Wildman–Crippen LogP) is 4.17. The molecule has 3 rings (SSSR count). The molecule has 0 aliphatic rings. The number of nitro groups is 1. The fraction of sp³-hybridized carbons (Fsp3) is 0.235. The van der Waals surface area contributed by atoms with Gasteiger partial charge in [-0.15, -0.1) is 11.3 Å². The fourth-order valence-corrected chi connectivity index (χ4v) is 4.48. The van der Waals surface area contributed by atoms with E-state index in [0.717, 1.165) is 20.7 Å². The minimum atomic E-state index is -1.10. The number of halogens is 1. The molecular formula is C17H15ClN4O5S2. The summed E-state index contributed by atoms with van der Waals surface area (Å²) in [7, 11) is 3.77. The van der Waals surface area contributed by atoms with E-state index >= 15 is 0 Å². The second kappa shape index (κ2) is 8.31. The highest BCUT2D eigenvalue weighted by atomic mass is 35.5. The second-order valence-electron chi connectivity index (χ2n) is 6.13. The molecular weight excluding hydrogens is 440 g/mol. The van der Waals surface area contributed by atoms with Crippen molar-refractivity contribution in [2.24, 2.45) is 0 Å². The summed E-state index contributed by atoms with van der Waals surface area (Å²) in [5, 5.41) is 14.1. The van der Waals surface area contributed by atoms with E-state index in [1.165, 1.54) is 41.7 Å². The number of esters is 1. The smallest absolute Gasteiger partial charge is 0.349 e. The maximum Gasteiger partial charge on any atom is 0.349 e. The van der Waals surface area contributed by atoms with Crippen LogP contribution in [-0.2, 0) is 9.53 Å². The first-order chi connectivity index (χ1) is 13.7. The molecule has 2 aromatic heterocycles. The van der Waals surface area contributed by atoms with Crippen LogP contribution in [0.25, 0.3) is 9.53 Å². The van der Waals surface area contributed by atoms with Crippen LogP contribution in [0.2, 0.25) is 5.02 Å². The van der Waals surface area contributed by atoms with Crippen LogP contribution < -0.4 is 10.2 Å². The largest absolute Gasteiger partial charge is 0.448 e. The normalized spacial score (nSPS) is 11.9. The molecule has 0 fully saturated rings. The van der Waals surface area contributed by atoms with Crippen molar-refractivity contribution in [1.29, 1.82) is 0 Å². The number of hydrogen-bond donors (Lipinski definition) is 1. The van der Waals surface area contributed by atoms with Crippen molar-refractivity contribution >= 4 is 72.2 Å². The zero-order chi connectivity index (χ0) is 21.3. The van der Waals surface area contributed by atoms with Gasteiger partial charge in [0.1, 0.15) is 9.71 Å². The summed E-state index contributed by atoms with van der Waals surface area (Å²) in [5.74, 6) is -1.25. The van der Waals surface area contributed by atoms with Gasteiger partial charge in [-0.25, -0.2) is 9.78 Å². The number of fused-ring (bicyclic) bond motifs is 1. The van der Waals surface area contributed by atoms with E-state index in [2.05, 4.69) is 10.3 Å². The van der Waals surface area contributed by atoms with Crippen LogP contribution in [0.15, 0.2) is 24.3 Å². The standard InChI is InChI=1S/C17H15ClN4O5S2/c1-8(14(23)19-11-5-4-9(22(25)26)6-10(11)18)27-16(24)13-7-12-15(28-13)20-17(29-12)21(2)3/h4-8H,1-3H3,(H,19,23). The van der Waals surface area contributed by atoms with Gasteiger partial charge in [-0.2, -0.15) is 0 Å². The van der Waals surface area contributed by atoms with E-state index < -0.39 is 22.9 Å². The van der Waals surface area contributed by atoms with E-state index in [1.54, 1.807) is 6.07 Å². The maximum atomic E-state index is 12.4. The Morgan fingerprint density at radius 2 is 2.03 bits per heavy atom. The van der Waals surface area contributed by atoms with Gasteiger partial charge in [0.05, 0.1) is 20.3 Å². The molecule has 1 amide bonds. The number of carbonyl (C=O) groups is 2.